The molecule has 144 valence electrons. The fourth-order valence-corrected chi connectivity index (χ4v) is 3.83. The van der Waals surface area contributed by atoms with E-state index in [4.69, 9.17) is 14.2 Å². The number of hydrogen-bond donors (Lipinski definition) is 1. The van der Waals surface area contributed by atoms with Gasteiger partial charge in [-0.3, -0.25) is 9.78 Å². The minimum absolute atomic E-state index is 0.0278. The van der Waals surface area contributed by atoms with Crippen molar-refractivity contribution in [3.05, 3.63) is 36.4 Å². The van der Waals surface area contributed by atoms with Gasteiger partial charge in [0.25, 0.3) is 0 Å². The van der Waals surface area contributed by atoms with Crippen molar-refractivity contribution < 1.29 is 19.0 Å². The molecule has 1 atom stereocenters. The van der Waals surface area contributed by atoms with Gasteiger partial charge in [0.15, 0.2) is 0 Å². The highest BCUT2D eigenvalue weighted by Gasteiger charge is 2.32. The van der Waals surface area contributed by atoms with Gasteiger partial charge in [0, 0.05) is 29.7 Å². The maximum Gasteiger partial charge on any atom is 0.233 e. The number of H-pyrrole nitrogens is 1. The predicted octanol–water partition coefficient (Wildman–Crippen LogP) is 1.94. The molecule has 2 aliphatic rings. The Morgan fingerprint density at radius 3 is 3.07 bits per heavy atom. The smallest absolute Gasteiger partial charge is 0.233 e. The van der Waals surface area contributed by atoms with Crippen LogP contribution in [-0.2, 0) is 20.7 Å². The number of hydrogen-bond acceptors (Lipinski definition) is 6. The van der Waals surface area contributed by atoms with Gasteiger partial charge < -0.3 is 24.1 Å². The molecular weight excluding hydrogens is 360 g/mol. The first-order valence-corrected chi connectivity index (χ1v) is 9.23. The van der Waals surface area contributed by atoms with Gasteiger partial charge >= 0.3 is 0 Å². The van der Waals surface area contributed by atoms with E-state index in [0.717, 1.165) is 39.3 Å². The van der Waals surface area contributed by atoms with E-state index in [1.165, 1.54) is 0 Å². The molecule has 0 aromatic carbocycles. The van der Waals surface area contributed by atoms with Crippen molar-refractivity contribution >= 4 is 22.6 Å². The summed E-state index contributed by atoms with van der Waals surface area (Å²) >= 11 is 0. The largest absolute Gasteiger partial charge is 0.495 e. The SMILES string of the molecule is COc1c(-c2cnc3c(c2)N(C[C@H]2COCCO2)C(=O)C3)cnc2[nH]ccc12. The molecule has 0 unspecified atom stereocenters. The van der Waals surface area contributed by atoms with Gasteiger partial charge in [-0.1, -0.05) is 0 Å². The Balaban J connectivity index is 1.53. The molecule has 28 heavy (non-hydrogen) atoms. The van der Waals surface area contributed by atoms with Crippen LogP contribution in [0.2, 0.25) is 0 Å². The summed E-state index contributed by atoms with van der Waals surface area (Å²) in [5.74, 6) is 0.757. The van der Waals surface area contributed by atoms with Crippen LogP contribution < -0.4 is 9.64 Å². The number of carbonyl (C=O) groups excluding carboxylic acids is 1. The summed E-state index contributed by atoms with van der Waals surface area (Å²) in [5, 5.41) is 0.904. The lowest BCUT2D eigenvalue weighted by atomic mass is 10.1. The molecule has 0 aliphatic carbocycles. The topological polar surface area (TPSA) is 89.6 Å². The molecule has 1 saturated heterocycles. The number of anilines is 1. The summed E-state index contributed by atoms with van der Waals surface area (Å²) < 4.78 is 16.8. The van der Waals surface area contributed by atoms with Crippen molar-refractivity contribution in [2.24, 2.45) is 0 Å². The summed E-state index contributed by atoms with van der Waals surface area (Å²) in [6.07, 6.45) is 5.54. The highest BCUT2D eigenvalue weighted by Crippen LogP contribution is 2.38. The third-order valence-corrected chi connectivity index (χ3v) is 5.18. The van der Waals surface area contributed by atoms with Crippen molar-refractivity contribution in [2.45, 2.75) is 12.5 Å². The van der Waals surface area contributed by atoms with Crippen LogP contribution in [0, 0.1) is 0 Å². The maximum absolute atomic E-state index is 12.6. The van der Waals surface area contributed by atoms with E-state index < -0.39 is 0 Å². The van der Waals surface area contributed by atoms with E-state index >= 15 is 0 Å². The average molecular weight is 380 g/mol. The van der Waals surface area contributed by atoms with E-state index in [2.05, 4.69) is 15.0 Å². The number of aromatic nitrogens is 3. The van der Waals surface area contributed by atoms with Crippen molar-refractivity contribution in [1.82, 2.24) is 15.0 Å². The Kier molecular flexibility index (Phi) is 4.22. The molecule has 0 bridgehead atoms. The molecule has 1 fully saturated rings. The third-order valence-electron chi connectivity index (χ3n) is 5.18. The van der Waals surface area contributed by atoms with Gasteiger partial charge in [0.05, 0.1) is 62.8 Å². The number of carbonyl (C=O) groups is 1. The molecular formula is C20H20N4O4. The van der Waals surface area contributed by atoms with Crippen LogP contribution in [0.3, 0.4) is 0 Å². The highest BCUT2D eigenvalue weighted by molar-refractivity contribution is 6.02. The van der Waals surface area contributed by atoms with Gasteiger partial charge in [0.1, 0.15) is 11.4 Å². The van der Waals surface area contributed by atoms with Crippen LogP contribution in [-0.4, -0.2) is 60.4 Å². The van der Waals surface area contributed by atoms with Crippen molar-refractivity contribution in [3.8, 4) is 16.9 Å². The van der Waals surface area contributed by atoms with Crippen LogP contribution in [0.1, 0.15) is 5.69 Å². The summed E-state index contributed by atoms with van der Waals surface area (Å²) in [4.78, 5) is 26.4. The molecule has 0 saturated carbocycles. The molecule has 5 heterocycles. The molecule has 1 N–H and O–H groups in total. The minimum Gasteiger partial charge on any atom is -0.495 e. The summed E-state index contributed by atoms with van der Waals surface area (Å²) in [6, 6.07) is 3.91. The van der Waals surface area contributed by atoms with E-state index in [1.807, 2.05) is 18.3 Å². The highest BCUT2D eigenvalue weighted by atomic mass is 16.6. The summed E-state index contributed by atoms with van der Waals surface area (Å²) in [5.41, 5.74) is 4.04. The van der Waals surface area contributed by atoms with Crippen molar-refractivity contribution in [2.75, 3.05) is 38.4 Å². The number of pyridine rings is 2. The van der Waals surface area contributed by atoms with E-state index in [9.17, 15) is 4.79 Å². The number of rotatable bonds is 4. The van der Waals surface area contributed by atoms with Gasteiger partial charge in [0.2, 0.25) is 5.91 Å². The molecule has 3 aromatic rings. The zero-order valence-corrected chi connectivity index (χ0v) is 15.5. The summed E-state index contributed by atoms with van der Waals surface area (Å²) in [6.45, 7) is 2.11. The van der Waals surface area contributed by atoms with Crippen LogP contribution in [0.5, 0.6) is 5.75 Å². The van der Waals surface area contributed by atoms with E-state index in [-0.39, 0.29) is 12.0 Å². The first-order chi connectivity index (χ1) is 13.7. The number of methoxy groups -OCH3 is 1. The Morgan fingerprint density at radius 2 is 2.25 bits per heavy atom. The standard InChI is InChI=1S/C20H20N4O4/c1-26-19-14-2-3-21-20(14)23-9-15(19)12-6-17-16(22-8-12)7-18(25)24(17)10-13-11-27-4-5-28-13/h2-3,6,8-9,13H,4-5,7,10-11H2,1H3,(H,21,23)/t13-/m0/s1. The fourth-order valence-electron chi connectivity index (χ4n) is 3.83. The van der Waals surface area contributed by atoms with Crippen LogP contribution in [0.15, 0.2) is 30.7 Å². The molecule has 0 radical (unpaired) electrons. The third kappa shape index (κ3) is 2.81. The second-order valence-corrected chi connectivity index (χ2v) is 6.88. The van der Waals surface area contributed by atoms with E-state index in [0.29, 0.717) is 32.8 Å². The number of ether oxygens (including phenoxy) is 3. The zero-order valence-electron chi connectivity index (χ0n) is 15.5. The quantitative estimate of drug-likeness (QED) is 0.744. The Hall–Kier alpha value is -2.97. The van der Waals surface area contributed by atoms with Gasteiger partial charge in [-0.05, 0) is 12.1 Å². The maximum atomic E-state index is 12.6. The zero-order chi connectivity index (χ0) is 19.1. The lowest BCUT2D eigenvalue weighted by Crippen LogP contribution is -2.41. The first kappa shape index (κ1) is 17.2. The summed E-state index contributed by atoms with van der Waals surface area (Å²) in [7, 11) is 1.64. The van der Waals surface area contributed by atoms with Crippen LogP contribution >= 0.6 is 0 Å². The number of nitrogens with one attached hydrogen (secondary N) is 1. The Bertz CT molecular complexity index is 1040. The van der Waals surface area contributed by atoms with Crippen molar-refractivity contribution in [1.29, 1.82) is 0 Å². The second kappa shape index (κ2) is 6.88. The monoisotopic (exact) mass is 380 g/mol. The molecule has 3 aromatic heterocycles. The van der Waals surface area contributed by atoms with Crippen LogP contribution in [0.25, 0.3) is 22.2 Å². The fraction of sp³-hybridized carbons (Fsp3) is 0.350. The molecule has 5 rings (SSSR count). The number of amides is 1. The number of nitrogens with zero attached hydrogens (tertiary/aromatic N) is 3. The van der Waals surface area contributed by atoms with Gasteiger partial charge in [-0.15, -0.1) is 0 Å². The van der Waals surface area contributed by atoms with E-state index in [1.54, 1.807) is 24.4 Å². The molecule has 8 heteroatoms. The first-order valence-electron chi connectivity index (χ1n) is 9.23. The van der Waals surface area contributed by atoms with Gasteiger partial charge in [-0.2, -0.15) is 0 Å². The second-order valence-electron chi connectivity index (χ2n) is 6.88. The normalized spacial score (nSPS) is 19.2. The minimum atomic E-state index is -0.125. The predicted molar refractivity (Wildman–Crippen MR) is 102 cm³/mol. The average Bonchev–Trinajstić information content (AvgIpc) is 3.32. The lowest BCUT2D eigenvalue weighted by Gasteiger charge is -2.27. The van der Waals surface area contributed by atoms with Gasteiger partial charge in [-0.25, -0.2) is 4.98 Å². The number of aromatic amines is 1. The Labute approximate surface area is 161 Å². The van der Waals surface area contributed by atoms with Crippen LogP contribution in [0.4, 0.5) is 5.69 Å². The molecule has 1 amide bonds. The molecule has 8 nitrogen and oxygen atoms in total. The number of fused-ring (bicyclic) bond motifs is 2. The molecule has 0 spiro atoms. The Morgan fingerprint density at radius 1 is 1.32 bits per heavy atom. The van der Waals surface area contributed by atoms with Crippen molar-refractivity contribution in [3.63, 3.8) is 0 Å². The molecule has 2 aliphatic heterocycles. The lowest BCUT2D eigenvalue weighted by molar-refractivity contribution is -0.119.